The lowest BCUT2D eigenvalue weighted by molar-refractivity contribution is 1.38. The zero-order valence-electron chi connectivity index (χ0n) is 5.11. The van der Waals surface area contributed by atoms with Crippen LogP contribution in [-0.4, -0.2) is 9.36 Å². The SMILES string of the molecule is Nc1cc2cnsc2cn1. The van der Waals surface area contributed by atoms with E-state index in [4.69, 9.17) is 5.73 Å². The number of hydrogen-bond acceptors (Lipinski definition) is 4. The van der Waals surface area contributed by atoms with Crippen molar-refractivity contribution in [1.82, 2.24) is 9.36 Å². The maximum absolute atomic E-state index is 5.45. The fraction of sp³-hybridized carbons (Fsp3) is 0. The second kappa shape index (κ2) is 1.91. The lowest BCUT2D eigenvalue weighted by Crippen LogP contribution is -1.86. The molecule has 10 heavy (non-hydrogen) atoms. The van der Waals surface area contributed by atoms with E-state index in [0.717, 1.165) is 10.1 Å². The zero-order valence-corrected chi connectivity index (χ0v) is 5.93. The summed E-state index contributed by atoms with van der Waals surface area (Å²) in [5.41, 5.74) is 5.45. The number of nitrogen functional groups attached to an aromatic ring is 1. The number of rotatable bonds is 0. The van der Waals surface area contributed by atoms with Gasteiger partial charge in [-0.2, -0.15) is 4.37 Å². The van der Waals surface area contributed by atoms with E-state index in [-0.39, 0.29) is 0 Å². The van der Waals surface area contributed by atoms with Crippen LogP contribution in [0.4, 0.5) is 5.82 Å². The number of hydrogen-bond donors (Lipinski definition) is 1. The maximum Gasteiger partial charge on any atom is 0.124 e. The van der Waals surface area contributed by atoms with Crippen LogP contribution in [0.25, 0.3) is 10.1 Å². The van der Waals surface area contributed by atoms with Crippen molar-refractivity contribution in [3.63, 3.8) is 0 Å². The van der Waals surface area contributed by atoms with Gasteiger partial charge in [0.25, 0.3) is 0 Å². The zero-order chi connectivity index (χ0) is 6.97. The first-order valence-corrected chi connectivity index (χ1v) is 3.59. The number of anilines is 1. The third-order valence-electron chi connectivity index (χ3n) is 1.26. The summed E-state index contributed by atoms with van der Waals surface area (Å²) in [4.78, 5) is 3.93. The first kappa shape index (κ1) is 5.61. The third-order valence-corrected chi connectivity index (χ3v) is 2.01. The Bertz CT molecular complexity index is 355. The molecule has 0 spiro atoms. The van der Waals surface area contributed by atoms with Gasteiger partial charge in [-0.05, 0) is 17.6 Å². The molecule has 0 unspecified atom stereocenters. The average molecular weight is 151 g/mol. The predicted octanol–water partition coefficient (Wildman–Crippen LogP) is 1.27. The first-order valence-electron chi connectivity index (χ1n) is 2.82. The molecule has 2 N–H and O–H groups in total. The molecule has 0 atom stereocenters. The van der Waals surface area contributed by atoms with E-state index >= 15 is 0 Å². The van der Waals surface area contributed by atoms with Crippen molar-refractivity contribution < 1.29 is 0 Å². The fourth-order valence-corrected chi connectivity index (χ4v) is 1.39. The van der Waals surface area contributed by atoms with Gasteiger partial charge in [-0.3, -0.25) is 0 Å². The maximum atomic E-state index is 5.45. The molecular formula is C6H5N3S. The van der Waals surface area contributed by atoms with Gasteiger partial charge in [-0.1, -0.05) is 0 Å². The van der Waals surface area contributed by atoms with Crippen LogP contribution in [0.2, 0.25) is 0 Å². The molecule has 0 radical (unpaired) electrons. The molecule has 50 valence electrons. The smallest absolute Gasteiger partial charge is 0.124 e. The normalized spacial score (nSPS) is 10.4. The monoisotopic (exact) mass is 151 g/mol. The Morgan fingerprint density at radius 1 is 1.40 bits per heavy atom. The fourth-order valence-electron chi connectivity index (χ4n) is 0.792. The second-order valence-corrected chi connectivity index (χ2v) is 2.81. The molecule has 2 heterocycles. The molecule has 0 aliphatic heterocycles. The standard InChI is InChI=1S/C6H5N3S/c7-6-1-4-2-9-10-5(4)3-8-6/h1-3H,(H2,7,8). The summed E-state index contributed by atoms with van der Waals surface area (Å²) in [7, 11) is 0. The van der Waals surface area contributed by atoms with Gasteiger partial charge in [-0.15, -0.1) is 0 Å². The Morgan fingerprint density at radius 3 is 3.20 bits per heavy atom. The third kappa shape index (κ3) is 0.733. The summed E-state index contributed by atoms with van der Waals surface area (Å²) in [6, 6.07) is 1.82. The van der Waals surface area contributed by atoms with Gasteiger partial charge in [0.2, 0.25) is 0 Å². The minimum atomic E-state index is 0.549. The van der Waals surface area contributed by atoms with E-state index in [9.17, 15) is 0 Å². The summed E-state index contributed by atoms with van der Waals surface area (Å²) >= 11 is 1.43. The second-order valence-electron chi connectivity index (χ2n) is 1.97. The van der Waals surface area contributed by atoms with E-state index in [1.807, 2.05) is 6.07 Å². The Morgan fingerprint density at radius 2 is 2.30 bits per heavy atom. The van der Waals surface area contributed by atoms with Gasteiger partial charge in [0.05, 0.1) is 4.70 Å². The highest BCUT2D eigenvalue weighted by Crippen LogP contribution is 2.17. The molecule has 0 aromatic carbocycles. The van der Waals surface area contributed by atoms with Gasteiger partial charge in [0.15, 0.2) is 0 Å². The van der Waals surface area contributed by atoms with E-state index in [1.165, 1.54) is 11.5 Å². The number of aromatic nitrogens is 2. The Labute approximate surface area is 61.7 Å². The number of nitrogens with two attached hydrogens (primary N) is 1. The summed E-state index contributed by atoms with van der Waals surface area (Å²) in [5, 5.41) is 1.07. The van der Waals surface area contributed by atoms with Crippen molar-refractivity contribution in [1.29, 1.82) is 0 Å². The summed E-state index contributed by atoms with van der Waals surface area (Å²) in [6.45, 7) is 0. The molecule has 0 saturated carbocycles. The van der Waals surface area contributed by atoms with Crippen LogP contribution in [0.1, 0.15) is 0 Å². The van der Waals surface area contributed by atoms with Crippen molar-refractivity contribution in [3.8, 4) is 0 Å². The average Bonchev–Trinajstić information content (AvgIpc) is 2.33. The molecule has 4 heteroatoms. The number of fused-ring (bicyclic) bond motifs is 1. The molecule has 2 aromatic rings. The van der Waals surface area contributed by atoms with Crippen LogP contribution < -0.4 is 5.73 Å². The molecular weight excluding hydrogens is 146 g/mol. The van der Waals surface area contributed by atoms with Crippen LogP contribution in [0.5, 0.6) is 0 Å². The Hall–Kier alpha value is -1.16. The minimum Gasteiger partial charge on any atom is -0.384 e. The van der Waals surface area contributed by atoms with Crippen LogP contribution in [0.15, 0.2) is 18.5 Å². The molecule has 2 aromatic heterocycles. The van der Waals surface area contributed by atoms with E-state index in [0.29, 0.717) is 5.82 Å². The van der Waals surface area contributed by atoms with Crippen LogP contribution >= 0.6 is 11.5 Å². The minimum absolute atomic E-state index is 0.549. The lowest BCUT2D eigenvalue weighted by Gasteiger charge is -1.88. The first-order chi connectivity index (χ1) is 4.86. The summed E-state index contributed by atoms with van der Waals surface area (Å²) in [5.74, 6) is 0.549. The van der Waals surface area contributed by atoms with Gasteiger partial charge in [-0.25, -0.2) is 4.98 Å². The van der Waals surface area contributed by atoms with Crippen molar-refractivity contribution in [2.45, 2.75) is 0 Å². The molecule has 0 fully saturated rings. The Kier molecular flexibility index (Phi) is 1.07. The van der Waals surface area contributed by atoms with Crippen molar-refractivity contribution >= 4 is 27.4 Å². The molecule has 0 aliphatic carbocycles. The predicted molar refractivity (Wildman–Crippen MR) is 41.8 cm³/mol. The molecule has 0 aliphatic rings. The van der Waals surface area contributed by atoms with Crippen molar-refractivity contribution in [2.24, 2.45) is 0 Å². The van der Waals surface area contributed by atoms with Gasteiger partial charge >= 0.3 is 0 Å². The van der Waals surface area contributed by atoms with E-state index in [1.54, 1.807) is 12.4 Å². The largest absolute Gasteiger partial charge is 0.384 e. The highest BCUT2D eigenvalue weighted by molar-refractivity contribution is 7.13. The Balaban J connectivity index is 2.86. The quantitative estimate of drug-likeness (QED) is 0.617. The van der Waals surface area contributed by atoms with E-state index in [2.05, 4.69) is 9.36 Å². The van der Waals surface area contributed by atoms with Gasteiger partial charge < -0.3 is 5.73 Å². The summed E-state index contributed by atoms with van der Waals surface area (Å²) < 4.78 is 5.07. The van der Waals surface area contributed by atoms with Crippen LogP contribution in [0, 0.1) is 0 Å². The topological polar surface area (TPSA) is 51.8 Å². The van der Waals surface area contributed by atoms with Gasteiger partial charge in [0, 0.05) is 17.8 Å². The van der Waals surface area contributed by atoms with Gasteiger partial charge in [0.1, 0.15) is 5.82 Å². The molecule has 2 rings (SSSR count). The summed E-state index contributed by atoms with van der Waals surface area (Å²) in [6.07, 6.45) is 3.53. The number of pyridine rings is 1. The molecule has 0 bridgehead atoms. The molecule has 3 nitrogen and oxygen atoms in total. The molecule has 0 saturated heterocycles. The van der Waals surface area contributed by atoms with Crippen molar-refractivity contribution in [2.75, 3.05) is 5.73 Å². The van der Waals surface area contributed by atoms with Crippen LogP contribution in [0.3, 0.4) is 0 Å². The van der Waals surface area contributed by atoms with Crippen molar-refractivity contribution in [3.05, 3.63) is 18.5 Å². The highest BCUT2D eigenvalue weighted by atomic mass is 32.1. The van der Waals surface area contributed by atoms with Crippen LogP contribution in [-0.2, 0) is 0 Å². The molecule has 0 amide bonds. The lowest BCUT2D eigenvalue weighted by atomic mass is 10.3. The highest BCUT2D eigenvalue weighted by Gasteiger charge is 1.94. The van der Waals surface area contributed by atoms with E-state index < -0.39 is 0 Å². The number of nitrogens with zero attached hydrogens (tertiary/aromatic N) is 2.